The Hall–Kier alpha value is -2.54. The van der Waals surface area contributed by atoms with Crippen molar-refractivity contribution in [2.24, 2.45) is 5.11 Å². The zero-order valence-electron chi connectivity index (χ0n) is 16.6. The molecule has 2 aliphatic heterocycles. The van der Waals surface area contributed by atoms with Crippen molar-refractivity contribution in [1.29, 1.82) is 0 Å². The average Bonchev–Trinajstić information content (AvgIpc) is 2.78. The van der Waals surface area contributed by atoms with E-state index in [1.54, 1.807) is 23.9 Å². The summed E-state index contributed by atoms with van der Waals surface area (Å²) >= 11 is 1.58. The largest absolute Gasteiger partial charge is 0.367 e. The molecule has 4 rings (SSSR count). The smallest absolute Gasteiger partial charge is 0.252 e. The Bertz CT molecular complexity index is 964. The quantitative estimate of drug-likeness (QED) is 0.410. The third kappa shape index (κ3) is 4.03. The summed E-state index contributed by atoms with van der Waals surface area (Å²) in [4.78, 5) is 18.3. The number of carbonyl (C=O) groups is 1. The molecule has 2 aliphatic rings. The van der Waals surface area contributed by atoms with Gasteiger partial charge in [-0.2, -0.15) is 11.8 Å². The molecule has 8 heteroatoms. The van der Waals surface area contributed by atoms with Gasteiger partial charge in [0.1, 0.15) is 11.9 Å². The molecule has 0 aliphatic carbocycles. The summed E-state index contributed by atoms with van der Waals surface area (Å²) in [6, 6.07) is 13.8. The van der Waals surface area contributed by atoms with Gasteiger partial charge in [-0.3, -0.25) is 4.79 Å². The van der Waals surface area contributed by atoms with Gasteiger partial charge in [-0.1, -0.05) is 41.5 Å². The topological polar surface area (TPSA) is 78.3 Å². The molecule has 4 atom stereocenters. The van der Waals surface area contributed by atoms with E-state index >= 15 is 0 Å². The molecule has 0 N–H and O–H groups in total. The van der Waals surface area contributed by atoms with E-state index < -0.39 is 6.10 Å². The van der Waals surface area contributed by atoms with Gasteiger partial charge in [-0.15, -0.1) is 0 Å². The number of azide groups is 1. The monoisotopic (exact) mass is 426 g/mol. The van der Waals surface area contributed by atoms with E-state index in [9.17, 15) is 9.18 Å². The number of benzene rings is 2. The van der Waals surface area contributed by atoms with Crippen LogP contribution in [0.1, 0.15) is 29.2 Å². The number of thioether (sulfide) groups is 1. The minimum atomic E-state index is -0.655. The van der Waals surface area contributed by atoms with Crippen LogP contribution < -0.4 is 0 Å². The van der Waals surface area contributed by atoms with Gasteiger partial charge in [0.15, 0.2) is 0 Å². The molecular formula is C22H23FN4O2S. The SMILES string of the molecule is CS[C@@H]1CO[C@@H](C(=O)N2CCc3ccccc3[C@@H]2c2ccc(F)cc2)C[C@@H]1N=[N+]=[N-]. The van der Waals surface area contributed by atoms with E-state index in [-0.39, 0.29) is 29.1 Å². The lowest BCUT2D eigenvalue weighted by atomic mass is 9.87. The van der Waals surface area contributed by atoms with Crippen molar-refractivity contribution in [2.75, 3.05) is 19.4 Å². The maximum atomic E-state index is 13.5. The zero-order chi connectivity index (χ0) is 21.1. The van der Waals surface area contributed by atoms with E-state index in [0.717, 1.165) is 17.5 Å². The minimum absolute atomic E-state index is 0.0416. The Labute approximate surface area is 179 Å². The van der Waals surface area contributed by atoms with Crippen molar-refractivity contribution in [1.82, 2.24) is 4.90 Å². The van der Waals surface area contributed by atoms with Gasteiger partial charge in [0.2, 0.25) is 0 Å². The number of fused-ring (bicyclic) bond motifs is 1. The van der Waals surface area contributed by atoms with Crippen molar-refractivity contribution >= 4 is 17.7 Å². The van der Waals surface area contributed by atoms with Crippen LogP contribution in [0, 0.1) is 5.82 Å². The summed E-state index contributed by atoms with van der Waals surface area (Å²) in [5, 5.41) is 3.95. The molecule has 2 heterocycles. The van der Waals surface area contributed by atoms with E-state index in [1.807, 2.05) is 29.4 Å². The Morgan fingerprint density at radius 2 is 2.03 bits per heavy atom. The Morgan fingerprint density at radius 1 is 1.27 bits per heavy atom. The van der Waals surface area contributed by atoms with Gasteiger partial charge in [0.05, 0.1) is 18.7 Å². The normalized spacial score (nSPS) is 25.9. The first-order valence-electron chi connectivity index (χ1n) is 9.94. The fourth-order valence-corrected chi connectivity index (χ4v) is 5.03. The van der Waals surface area contributed by atoms with Crippen LogP contribution in [0.3, 0.4) is 0 Å². The molecule has 6 nitrogen and oxygen atoms in total. The van der Waals surface area contributed by atoms with Crippen molar-refractivity contribution < 1.29 is 13.9 Å². The number of rotatable bonds is 4. The summed E-state index contributed by atoms with van der Waals surface area (Å²) < 4.78 is 19.4. The third-order valence-electron chi connectivity index (χ3n) is 5.88. The molecule has 2 aromatic carbocycles. The highest BCUT2D eigenvalue weighted by Gasteiger charge is 2.40. The highest BCUT2D eigenvalue weighted by atomic mass is 32.2. The van der Waals surface area contributed by atoms with Crippen molar-refractivity contribution in [3.63, 3.8) is 0 Å². The lowest BCUT2D eigenvalue weighted by Gasteiger charge is -2.41. The first kappa shape index (κ1) is 20.7. The summed E-state index contributed by atoms with van der Waals surface area (Å²) in [7, 11) is 0. The molecule has 0 radical (unpaired) electrons. The Kier molecular flexibility index (Phi) is 6.27. The van der Waals surface area contributed by atoms with Crippen molar-refractivity contribution in [2.45, 2.75) is 36.3 Å². The van der Waals surface area contributed by atoms with Gasteiger partial charge in [-0.25, -0.2) is 4.39 Å². The number of halogens is 1. The van der Waals surface area contributed by atoms with Crippen LogP contribution in [0.2, 0.25) is 0 Å². The van der Waals surface area contributed by atoms with Crippen LogP contribution in [0.5, 0.6) is 0 Å². The standard InChI is InChI=1S/C22H23FN4O2S/c1-30-20-13-29-19(12-18(20)25-26-24)22(28)27-11-10-14-4-2-3-5-17(14)21(27)15-6-8-16(23)9-7-15/h2-9,18-21H,10-13H2,1H3/t18-,19+,20+,21-/m0/s1. The van der Waals surface area contributed by atoms with Crippen LogP contribution >= 0.6 is 11.8 Å². The van der Waals surface area contributed by atoms with Crippen LogP contribution in [0.4, 0.5) is 4.39 Å². The van der Waals surface area contributed by atoms with Crippen molar-refractivity contribution in [3.05, 3.63) is 81.5 Å². The predicted molar refractivity (Wildman–Crippen MR) is 115 cm³/mol. The first-order valence-corrected chi connectivity index (χ1v) is 11.2. The summed E-state index contributed by atoms with van der Waals surface area (Å²) in [6.45, 7) is 0.919. The van der Waals surface area contributed by atoms with E-state index in [1.165, 1.54) is 17.7 Å². The number of hydrogen-bond donors (Lipinski definition) is 0. The second kappa shape index (κ2) is 9.08. The fraction of sp³-hybridized carbons (Fsp3) is 0.409. The number of ether oxygens (including phenoxy) is 1. The van der Waals surface area contributed by atoms with Crippen LogP contribution in [-0.4, -0.2) is 47.6 Å². The summed E-state index contributed by atoms with van der Waals surface area (Å²) in [6.07, 6.45) is 2.40. The van der Waals surface area contributed by atoms with Crippen LogP contribution in [0.25, 0.3) is 10.4 Å². The highest BCUT2D eigenvalue weighted by molar-refractivity contribution is 7.99. The lowest BCUT2D eigenvalue weighted by Crippen LogP contribution is -2.50. The molecule has 0 aromatic heterocycles. The van der Waals surface area contributed by atoms with Gasteiger partial charge in [0.25, 0.3) is 5.91 Å². The summed E-state index contributed by atoms with van der Waals surface area (Å²) in [5.74, 6) is -0.423. The number of nitrogens with zero attached hydrogens (tertiary/aromatic N) is 4. The molecule has 156 valence electrons. The van der Waals surface area contributed by atoms with Gasteiger partial charge in [-0.05, 0) is 53.5 Å². The molecule has 1 saturated heterocycles. The molecule has 2 aromatic rings. The highest BCUT2D eigenvalue weighted by Crippen LogP contribution is 2.37. The predicted octanol–water partition coefficient (Wildman–Crippen LogP) is 4.50. The zero-order valence-corrected chi connectivity index (χ0v) is 17.5. The molecule has 0 spiro atoms. The van der Waals surface area contributed by atoms with E-state index in [4.69, 9.17) is 10.3 Å². The second-order valence-electron chi connectivity index (χ2n) is 7.54. The number of carbonyl (C=O) groups excluding carboxylic acids is 1. The van der Waals surface area contributed by atoms with Crippen molar-refractivity contribution in [3.8, 4) is 0 Å². The van der Waals surface area contributed by atoms with Crippen LogP contribution in [0.15, 0.2) is 53.6 Å². The molecule has 0 bridgehead atoms. The number of amides is 1. The third-order valence-corrected chi connectivity index (χ3v) is 6.93. The fourth-order valence-electron chi connectivity index (χ4n) is 4.34. The van der Waals surface area contributed by atoms with Gasteiger partial charge < -0.3 is 9.64 Å². The maximum absolute atomic E-state index is 13.5. The van der Waals surface area contributed by atoms with Crippen LogP contribution in [-0.2, 0) is 16.0 Å². The molecule has 0 saturated carbocycles. The molecule has 1 fully saturated rings. The Balaban J connectivity index is 1.65. The number of hydrogen-bond acceptors (Lipinski definition) is 4. The molecular weight excluding hydrogens is 403 g/mol. The lowest BCUT2D eigenvalue weighted by molar-refractivity contribution is -0.149. The maximum Gasteiger partial charge on any atom is 0.252 e. The van der Waals surface area contributed by atoms with E-state index in [0.29, 0.717) is 19.6 Å². The summed E-state index contributed by atoms with van der Waals surface area (Å²) in [5.41, 5.74) is 12.0. The van der Waals surface area contributed by atoms with Gasteiger partial charge in [0, 0.05) is 16.7 Å². The average molecular weight is 427 g/mol. The van der Waals surface area contributed by atoms with Gasteiger partial charge >= 0.3 is 0 Å². The molecule has 0 unspecified atom stereocenters. The molecule has 30 heavy (non-hydrogen) atoms. The first-order chi connectivity index (χ1) is 14.6. The van der Waals surface area contributed by atoms with E-state index in [2.05, 4.69) is 16.1 Å². The Morgan fingerprint density at radius 3 is 2.77 bits per heavy atom. The second-order valence-corrected chi connectivity index (χ2v) is 8.62. The minimum Gasteiger partial charge on any atom is -0.367 e. The molecule has 1 amide bonds.